The van der Waals surface area contributed by atoms with Crippen LogP contribution in [0.1, 0.15) is 54.3 Å². The van der Waals surface area contributed by atoms with Gasteiger partial charge < -0.3 is 20.7 Å². The predicted molar refractivity (Wildman–Crippen MR) is 135 cm³/mol. The number of morpholine rings is 1. The van der Waals surface area contributed by atoms with E-state index in [4.69, 9.17) is 10.5 Å². The van der Waals surface area contributed by atoms with Crippen LogP contribution in [0.3, 0.4) is 0 Å². The number of fused-ring (bicyclic) bond motifs is 1. The molecule has 3 N–H and O–H groups in total. The second-order valence-electron chi connectivity index (χ2n) is 10.3. The number of aromatic nitrogens is 2. The van der Waals surface area contributed by atoms with Gasteiger partial charge in [-0.2, -0.15) is 5.10 Å². The zero-order valence-electron chi connectivity index (χ0n) is 20.6. The first-order valence-corrected chi connectivity index (χ1v) is 12.3. The highest BCUT2D eigenvalue weighted by molar-refractivity contribution is 6.02. The summed E-state index contributed by atoms with van der Waals surface area (Å²) in [6.07, 6.45) is 5.65. The number of anilines is 1. The van der Waals surface area contributed by atoms with Crippen LogP contribution in [0.5, 0.6) is 0 Å². The molecule has 2 aliphatic rings. The minimum atomic E-state index is -0.500. The summed E-state index contributed by atoms with van der Waals surface area (Å²) in [7, 11) is 0. The zero-order valence-corrected chi connectivity index (χ0v) is 20.6. The van der Waals surface area contributed by atoms with Crippen molar-refractivity contribution in [1.82, 2.24) is 14.5 Å². The van der Waals surface area contributed by atoms with Gasteiger partial charge >= 0.3 is 0 Å². The van der Waals surface area contributed by atoms with Crippen LogP contribution in [-0.4, -0.2) is 58.7 Å². The molecule has 1 saturated carbocycles. The topological polar surface area (TPSA) is 102 Å². The van der Waals surface area contributed by atoms with E-state index in [1.54, 1.807) is 4.52 Å². The summed E-state index contributed by atoms with van der Waals surface area (Å²) in [6.45, 7) is 9.21. The highest BCUT2D eigenvalue weighted by Crippen LogP contribution is 2.44. The van der Waals surface area contributed by atoms with Crippen LogP contribution in [0.2, 0.25) is 0 Å². The lowest BCUT2D eigenvalue weighted by Gasteiger charge is -2.33. The van der Waals surface area contributed by atoms with E-state index in [1.165, 1.54) is 6.20 Å². The fourth-order valence-electron chi connectivity index (χ4n) is 5.24. The molecule has 35 heavy (non-hydrogen) atoms. The van der Waals surface area contributed by atoms with Crippen molar-refractivity contribution >= 4 is 23.0 Å². The van der Waals surface area contributed by atoms with E-state index in [9.17, 15) is 9.59 Å². The molecular weight excluding hydrogens is 442 g/mol. The number of carbonyl (C=O) groups excluding carboxylic acids is 2. The van der Waals surface area contributed by atoms with Gasteiger partial charge in [0, 0.05) is 36.5 Å². The van der Waals surface area contributed by atoms with Crippen molar-refractivity contribution < 1.29 is 14.3 Å². The molecule has 2 amide bonds. The number of carbonyl (C=O) groups is 2. The number of nitrogens with zero attached hydrogens (tertiary/aromatic N) is 3. The van der Waals surface area contributed by atoms with Gasteiger partial charge in [-0.15, -0.1) is 0 Å². The number of rotatable bonds is 5. The van der Waals surface area contributed by atoms with Gasteiger partial charge in [-0.1, -0.05) is 32.9 Å². The second kappa shape index (κ2) is 9.00. The largest absolute Gasteiger partial charge is 0.379 e. The van der Waals surface area contributed by atoms with Crippen molar-refractivity contribution in [2.45, 2.75) is 39.7 Å². The number of benzene rings is 1. The summed E-state index contributed by atoms with van der Waals surface area (Å²) in [5.41, 5.74) is 10.3. The van der Waals surface area contributed by atoms with Crippen LogP contribution >= 0.6 is 0 Å². The van der Waals surface area contributed by atoms with Gasteiger partial charge in [0.2, 0.25) is 0 Å². The minimum absolute atomic E-state index is 0.0227. The Balaban J connectivity index is 1.47. The Bertz CT molecular complexity index is 1260. The highest BCUT2D eigenvalue weighted by Gasteiger charge is 2.41. The number of ether oxygens (including phenoxy) is 1. The Morgan fingerprint density at radius 2 is 1.83 bits per heavy atom. The van der Waals surface area contributed by atoms with E-state index < -0.39 is 5.91 Å². The van der Waals surface area contributed by atoms with Crippen LogP contribution in [-0.2, 0) is 4.74 Å². The summed E-state index contributed by atoms with van der Waals surface area (Å²) in [6, 6.07) is 9.87. The van der Waals surface area contributed by atoms with Gasteiger partial charge in [-0.05, 0) is 47.9 Å². The molecule has 3 aromatic rings. The maximum atomic E-state index is 12.8. The number of primary amides is 1. The lowest BCUT2D eigenvalue weighted by atomic mass is 9.80. The van der Waals surface area contributed by atoms with E-state index in [2.05, 4.69) is 31.2 Å². The van der Waals surface area contributed by atoms with E-state index in [0.29, 0.717) is 43.3 Å². The Morgan fingerprint density at radius 1 is 1.11 bits per heavy atom. The molecule has 1 aromatic carbocycles. The molecule has 2 aromatic heterocycles. The molecule has 1 unspecified atom stereocenters. The standard InChI is InChI=1S/C27H33N5O3/c1-17-4-9-23(27(17,2)3)30-24-21(25(28)33)15-29-32-16-20(14-22(24)32)18-5-7-19(8-6-18)26(34)31-10-12-35-13-11-31/h5-8,14-17,23,30H,4,9-13H2,1-3H3,(H2,28,33)/t17?,23-/m1/s1. The fraction of sp³-hybridized carbons (Fsp3) is 0.444. The van der Waals surface area contributed by atoms with Crippen LogP contribution in [0.25, 0.3) is 16.6 Å². The number of hydrogen-bond acceptors (Lipinski definition) is 5. The van der Waals surface area contributed by atoms with Crippen molar-refractivity contribution in [1.29, 1.82) is 0 Å². The molecule has 0 radical (unpaired) electrons. The van der Waals surface area contributed by atoms with Crippen LogP contribution in [0.15, 0.2) is 42.7 Å². The average Bonchev–Trinajstić information content (AvgIpc) is 3.40. The van der Waals surface area contributed by atoms with Gasteiger partial charge in [-0.25, -0.2) is 4.52 Å². The van der Waals surface area contributed by atoms with Crippen LogP contribution in [0, 0.1) is 11.3 Å². The lowest BCUT2D eigenvalue weighted by Crippen LogP contribution is -2.40. The molecule has 1 aliphatic carbocycles. The number of hydrogen-bond donors (Lipinski definition) is 2. The second-order valence-corrected chi connectivity index (χ2v) is 10.3. The number of amides is 2. The molecule has 2 atom stereocenters. The average molecular weight is 476 g/mol. The first-order chi connectivity index (χ1) is 16.8. The van der Waals surface area contributed by atoms with Gasteiger partial charge in [-0.3, -0.25) is 9.59 Å². The first kappa shape index (κ1) is 23.4. The van der Waals surface area contributed by atoms with E-state index in [0.717, 1.165) is 35.2 Å². The molecule has 3 heterocycles. The third-order valence-electron chi connectivity index (χ3n) is 8.04. The van der Waals surface area contributed by atoms with Gasteiger partial charge in [0.1, 0.15) is 0 Å². The number of nitrogens with two attached hydrogens (primary N) is 1. The maximum absolute atomic E-state index is 12.8. The Morgan fingerprint density at radius 3 is 2.46 bits per heavy atom. The van der Waals surface area contributed by atoms with E-state index in [1.807, 2.05) is 41.4 Å². The van der Waals surface area contributed by atoms with Crippen molar-refractivity contribution in [3.63, 3.8) is 0 Å². The van der Waals surface area contributed by atoms with Crippen molar-refractivity contribution in [3.8, 4) is 11.1 Å². The summed E-state index contributed by atoms with van der Waals surface area (Å²) in [5, 5.41) is 8.10. The Kier molecular flexibility index (Phi) is 6.01. The van der Waals surface area contributed by atoms with E-state index >= 15 is 0 Å². The molecule has 0 spiro atoms. The maximum Gasteiger partial charge on any atom is 0.254 e. The normalized spacial score (nSPS) is 21.9. The van der Waals surface area contributed by atoms with Crippen molar-refractivity contribution in [2.24, 2.45) is 17.1 Å². The predicted octanol–water partition coefficient (Wildman–Crippen LogP) is 3.81. The van der Waals surface area contributed by atoms with Gasteiger partial charge in [0.25, 0.3) is 11.8 Å². The molecule has 1 saturated heterocycles. The lowest BCUT2D eigenvalue weighted by molar-refractivity contribution is 0.0303. The number of nitrogens with one attached hydrogen (secondary N) is 1. The molecular formula is C27H33N5O3. The smallest absolute Gasteiger partial charge is 0.254 e. The summed E-state index contributed by atoms with van der Waals surface area (Å²) >= 11 is 0. The fourth-order valence-corrected chi connectivity index (χ4v) is 5.24. The molecule has 8 heteroatoms. The van der Waals surface area contributed by atoms with E-state index in [-0.39, 0.29) is 17.4 Å². The monoisotopic (exact) mass is 475 g/mol. The SMILES string of the molecule is CC1CC[C@@H](Nc2c(C(N)=O)cnn3cc(-c4ccc(C(=O)N5CCOCC5)cc4)cc23)C1(C)C. The Hall–Kier alpha value is -3.39. The Labute approximate surface area is 205 Å². The molecule has 1 aliphatic heterocycles. The van der Waals surface area contributed by atoms with Crippen LogP contribution < -0.4 is 11.1 Å². The van der Waals surface area contributed by atoms with Crippen molar-refractivity contribution in [2.75, 3.05) is 31.6 Å². The quantitative estimate of drug-likeness (QED) is 0.584. The molecule has 5 rings (SSSR count). The molecule has 2 fully saturated rings. The summed E-state index contributed by atoms with van der Waals surface area (Å²) < 4.78 is 7.13. The zero-order chi connectivity index (χ0) is 24.7. The minimum Gasteiger partial charge on any atom is -0.379 e. The molecule has 8 nitrogen and oxygen atoms in total. The summed E-state index contributed by atoms with van der Waals surface area (Å²) in [4.78, 5) is 26.9. The van der Waals surface area contributed by atoms with Crippen molar-refractivity contribution in [3.05, 3.63) is 53.9 Å². The first-order valence-electron chi connectivity index (χ1n) is 12.3. The summed E-state index contributed by atoms with van der Waals surface area (Å²) in [5.74, 6) is 0.102. The molecule has 184 valence electrons. The third kappa shape index (κ3) is 4.27. The van der Waals surface area contributed by atoms with Gasteiger partial charge in [0.15, 0.2) is 0 Å². The molecule has 0 bridgehead atoms. The third-order valence-corrected chi connectivity index (χ3v) is 8.04. The van der Waals surface area contributed by atoms with Gasteiger partial charge in [0.05, 0.1) is 36.2 Å². The van der Waals surface area contributed by atoms with Crippen LogP contribution in [0.4, 0.5) is 5.69 Å². The highest BCUT2D eigenvalue weighted by atomic mass is 16.5.